The van der Waals surface area contributed by atoms with E-state index in [0.29, 0.717) is 5.41 Å². The highest BCUT2D eigenvalue weighted by atomic mass is 15.3. The van der Waals surface area contributed by atoms with Crippen LogP contribution in [0.4, 0.5) is 0 Å². The Morgan fingerprint density at radius 1 is 0.667 bits per heavy atom. The van der Waals surface area contributed by atoms with Crippen molar-refractivity contribution in [2.24, 2.45) is 11.3 Å². The van der Waals surface area contributed by atoms with Crippen LogP contribution in [0, 0.1) is 5.41 Å². The SMILES string of the molecule is CCCCC(C)(CCCC)C(CCCC)(CCCC)NN. The molecule has 3 N–H and O–H groups in total. The fraction of sp³-hybridized carbons (Fsp3) is 1.00. The average Bonchev–Trinajstić information content (AvgIpc) is 2.51. The number of nitrogens with two attached hydrogens (primary N) is 1. The van der Waals surface area contributed by atoms with Gasteiger partial charge in [0.05, 0.1) is 0 Å². The highest BCUT2D eigenvalue weighted by molar-refractivity contribution is 5.01. The molecule has 0 aromatic carbocycles. The smallest absolute Gasteiger partial charge is 0.0374 e. The molecular weight excluding hydrogens is 256 g/mol. The number of nitrogens with one attached hydrogen (secondary N) is 1. The minimum Gasteiger partial charge on any atom is -0.271 e. The molecule has 0 atom stereocenters. The molecule has 0 aromatic rings. The second-order valence-corrected chi connectivity index (χ2v) is 7.20. The van der Waals surface area contributed by atoms with Crippen LogP contribution in [0.1, 0.15) is 112 Å². The lowest BCUT2D eigenvalue weighted by Gasteiger charge is -2.50. The third-order valence-corrected chi connectivity index (χ3v) is 5.51. The van der Waals surface area contributed by atoms with E-state index in [4.69, 9.17) is 5.84 Å². The third kappa shape index (κ3) is 6.28. The van der Waals surface area contributed by atoms with Crippen molar-refractivity contribution in [1.29, 1.82) is 0 Å². The molecule has 0 rings (SSSR count). The van der Waals surface area contributed by atoms with E-state index in [-0.39, 0.29) is 5.54 Å². The summed E-state index contributed by atoms with van der Waals surface area (Å²) in [5.74, 6) is 6.17. The minimum absolute atomic E-state index is 0.128. The molecule has 0 saturated carbocycles. The first-order valence-electron chi connectivity index (χ1n) is 9.53. The summed E-state index contributed by atoms with van der Waals surface area (Å²) in [5, 5.41) is 0. The van der Waals surface area contributed by atoms with Crippen molar-refractivity contribution in [2.75, 3.05) is 0 Å². The Balaban J connectivity index is 5.26. The molecule has 0 radical (unpaired) electrons. The lowest BCUT2D eigenvalue weighted by molar-refractivity contribution is 0.0508. The second kappa shape index (κ2) is 11.5. The summed E-state index contributed by atoms with van der Waals surface area (Å²) in [6, 6.07) is 0. The fourth-order valence-corrected chi connectivity index (χ4v) is 3.74. The van der Waals surface area contributed by atoms with Crippen LogP contribution in [0.2, 0.25) is 0 Å². The van der Waals surface area contributed by atoms with Crippen LogP contribution in [-0.4, -0.2) is 5.54 Å². The zero-order chi connectivity index (χ0) is 16.2. The zero-order valence-electron chi connectivity index (χ0n) is 15.6. The highest BCUT2D eigenvalue weighted by Crippen LogP contribution is 2.46. The molecule has 0 aliphatic heterocycles. The Hall–Kier alpha value is -0.0800. The molecule has 128 valence electrons. The first-order chi connectivity index (χ1) is 10.1. The monoisotopic (exact) mass is 298 g/mol. The van der Waals surface area contributed by atoms with E-state index < -0.39 is 0 Å². The Kier molecular flexibility index (Phi) is 11.4. The topological polar surface area (TPSA) is 38.0 Å². The minimum atomic E-state index is 0.128. The van der Waals surface area contributed by atoms with Gasteiger partial charge in [0, 0.05) is 5.54 Å². The van der Waals surface area contributed by atoms with Crippen molar-refractivity contribution >= 4 is 0 Å². The van der Waals surface area contributed by atoms with Crippen LogP contribution < -0.4 is 11.3 Å². The summed E-state index contributed by atoms with van der Waals surface area (Å²) in [6.45, 7) is 11.7. The van der Waals surface area contributed by atoms with Gasteiger partial charge in [-0.2, -0.15) is 0 Å². The van der Waals surface area contributed by atoms with E-state index in [2.05, 4.69) is 40.0 Å². The van der Waals surface area contributed by atoms with E-state index in [1.807, 2.05) is 0 Å². The van der Waals surface area contributed by atoms with E-state index >= 15 is 0 Å². The second-order valence-electron chi connectivity index (χ2n) is 7.20. The summed E-state index contributed by atoms with van der Waals surface area (Å²) >= 11 is 0. The van der Waals surface area contributed by atoms with Crippen molar-refractivity contribution in [3.05, 3.63) is 0 Å². The van der Waals surface area contributed by atoms with Gasteiger partial charge in [0.1, 0.15) is 0 Å². The molecule has 0 saturated heterocycles. The summed E-state index contributed by atoms with van der Waals surface area (Å²) in [5.41, 5.74) is 3.80. The van der Waals surface area contributed by atoms with Crippen molar-refractivity contribution < 1.29 is 0 Å². The molecule has 0 aliphatic rings. The van der Waals surface area contributed by atoms with Gasteiger partial charge in [-0.15, -0.1) is 0 Å². The Morgan fingerprint density at radius 2 is 1.00 bits per heavy atom. The van der Waals surface area contributed by atoms with Gasteiger partial charge in [-0.25, -0.2) is 0 Å². The van der Waals surface area contributed by atoms with E-state index in [9.17, 15) is 0 Å². The summed E-state index contributed by atoms with van der Waals surface area (Å²) < 4.78 is 0. The number of hydrogen-bond acceptors (Lipinski definition) is 2. The average molecular weight is 299 g/mol. The van der Waals surface area contributed by atoms with Crippen LogP contribution in [0.3, 0.4) is 0 Å². The van der Waals surface area contributed by atoms with Crippen LogP contribution in [0.15, 0.2) is 0 Å². The van der Waals surface area contributed by atoms with Gasteiger partial charge < -0.3 is 0 Å². The summed E-state index contributed by atoms with van der Waals surface area (Å²) in [7, 11) is 0. The maximum atomic E-state index is 6.17. The molecule has 0 spiro atoms. The maximum Gasteiger partial charge on any atom is 0.0374 e. The molecule has 0 aromatic heterocycles. The normalized spacial score (nSPS) is 12.9. The van der Waals surface area contributed by atoms with Crippen molar-refractivity contribution in [2.45, 2.75) is 117 Å². The molecule has 0 heterocycles. The molecule has 2 heteroatoms. The molecule has 2 nitrogen and oxygen atoms in total. The van der Waals surface area contributed by atoms with Crippen LogP contribution >= 0.6 is 0 Å². The van der Waals surface area contributed by atoms with E-state index in [0.717, 1.165) is 0 Å². The molecule has 21 heavy (non-hydrogen) atoms. The van der Waals surface area contributed by atoms with Gasteiger partial charge >= 0.3 is 0 Å². The number of rotatable bonds is 14. The Labute approximate surface area is 134 Å². The highest BCUT2D eigenvalue weighted by Gasteiger charge is 2.45. The predicted molar refractivity (Wildman–Crippen MR) is 96.3 cm³/mol. The zero-order valence-corrected chi connectivity index (χ0v) is 15.6. The Bertz CT molecular complexity index is 222. The van der Waals surface area contributed by atoms with Crippen molar-refractivity contribution in [1.82, 2.24) is 5.43 Å². The third-order valence-electron chi connectivity index (χ3n) is 5.51. The summed E-state index contributed by atoms with van der Waals surface area (Å²) in [6.07, 6.45) is 15.3. The quantitative estimate of drug-likeness (QED) is 0.307. The predicted octanol–water partition coefficient (Wildman–Crippen LogP) is 5.96. The van der Waals surface area contributed by atoms with Gasteiger partial charge in [0.25, 0.3) is 0 Å². The van der Waals surface area contributed by atoms with Crippen LogP contribution in [0.25, 0.3) is 0 Å². The maximum absolute atomic E-state index is 6.17. The first kappa shape index (κ1) is 20.9. The number of hydrazine groups is 1. The van der Waals surface area contributed by atoms with Crippen LogP contribution in [-0.2, 0) is 0 Å². The van der Waals surface area contributed by atoms with Crippen molar-refractivity contribution in [3.63, 3.8) is 0 Å². The van der Waals surface area contributed by atoms with Gasteiger partial charge in [-0.3, -0.25) is 11.3 Å². The van der Waals surface area contributed by atoms with Gasteiger partial charge in [0.2, 0.25) is 0 Å². The Morgan fingerprint density at radius 3 is 1.29 bits per heavy atom. The first-order valence-corrected chi connectivity index (χ1v) is 9.53. The lowest BCUT2D eigenvalue weighted by atomic mass is 9.61. The van der Waals surface area contributed by atoms with Crippen molar-refractivity contribution in [3.8, 4) is 0 Å². The molecular formula is C19H42N2. The molecule has 0 aliphatic carbocycles. The standard InChI is InChI=1S/C19H42N2/c1-6-10-14-18(5,15-11-7-2)19(21-20,16-12-8-3)17-13-9-4/h21H,6-17,20H2,1-5H3. The van der Waals surface area contributed by atoms with Gasteiger partial charge in [-0.1, -0.05) is 86.0 Å². The molecule has 0 amide bonds. The van der Waals surface area contributed by atoms with Gasteiger partial charge in [0.15, 0.2) is 0 Å². The number of unbranched alkanes of at least 4 members (excludes halogenated alkanes) is 4. The number of hydrogen-bond donors (Lipinski definition) is 2. The molecule has 0 unspecified atom stereocenters. The lowest BCUT2D eigenvalue weighted by Crippen LogP contribution is -2.60. The van der Waals surface area contributed by atoms with E-state index in [1.54, 1.807) is 0 Å². The fourth-order valence-electron chi connectivity index (χ4n) is 3.74. The largest absolute Gasteiger partial charge is 0.271 e. The van der Waals surface area contributed by atoms with E-state index in [1.165, 1.54) is 77.0 Å². The van der Waals surface area contributed by atoms with Crippen LogP contribution in [0.5, 0.6) is 0 Å². The summed E-state index contributed by atoms with van der Waals surface area (Å²) in [4.78, 5) is 0. The molecule has 0 bridgehead atoms. The van der Waals surface area contributed by atoms with Gasteiger partial charge in [-0.05, 0) is 31.1 Å². The molecule has 0 fully saturated rings.